The molecule has 1 aromatic heterocycles. The lowest BCUT2D eigenvalue weighted by molar-refractivity contribution is 0.172. The molecule has 2 aromatic rings. The van der Waals surface area contributed by atoms with Gasteiger partial charge in [0, 0.05) is 19.3 Å². The Bertz CT molecular complexity index is 800. The Balaban J connectivity index is 1.50. The number of rotatable bonds is 4. The molecular formula is C16H17BrFN5O2. The molecule has 9 heteroatoms. The van der Waals surface area contributed by atoms with Crippen molar-refractivity contribution in [2.24, 2.45) is 22.6 Å². The highest BCUT2D eigenvalue weighted by Crippen LogP contribution is 2.38. The van der Waals surface area contributed by atoms with E-state index in [9.17, 15) is 4.39 Å². The minimum absolute atomic E-state index is 0.156. The first-order valence-electron chi connectivity index (χ1n) is 8.06. The Morgan fingerprint density at radius 1 is 1.28 bits per heavy atom. The lowest BCUT2D eigenvalue weighted by Gasteiger charge is -2.13. The number of anilines is 1. The van der Waals surface area contributed by atoms with E-state index < -0.39 is 0 Å². The molecule has 7 nitrogen and oxygen atoms in total. The van der Waals surface area contributed by atoms with E-state index in [2.05, 4.69) is 36.6 Å². The number of aromatic nitrogens is 2. The van der Waals surface area contributed by atoms with Gasteiger partial charge in [0.05, 0.1) is 10.2 Å². The van der Waals surface area contributed by atoms with Gasteiger partial charge < -0.3 is 15.8 Å². The van der Waals surface area contributed by atoms with Crippen molar-refractivity contribution in [3.8, 4) is 0 Å². The average Bonchev–Trinajstić information content (AvgIpc) is 3.27. The topological polar surface area (TPSA) is 98.6 Å². The summed E-state index contributed by atoms with van der Waals surface area (Å²) in [6, 6.07) is 4.68. The predicted molar refractivity (Wildman–Crippen MR) is 93.2 cm³/mol. The van der Waals surface area contributed by atoms with Crippen molar-refractivity contribution in [3.05, 3.63) is 34.2 Å². The van der Waals surface area contributed by atoms with Crippen molar-refractivity contribution in [2.75, 3.05) is 18.5 Å². The van der Waals surface area contributed by atoms with Crippen molar-refractivity contribution < 1.29 is 13.8 Å². The number of halogens is 2. The van der Waals surface area contributed by atoms with Gasteiger partial charge in [-0.3, -0.25) is 0 Å². The van der Waals surface area contributed by atoms with E-state index in [-0.39, 0.29) is 17.7 Å². The fraction of sp³-hybridized carbons (Fsp3) is 0.438. The molecule has 2 heterocycles. The minimum atomic E-state index is -0.362. The maximum Gasteiger partial charge on any atom is 0.202 e. The molecule has 2 fully saturated rings. The van der Waals surface area contributed by atoms with Crippen LogP contribution in [0.15, 0.2) is 32.3 Å². The van der Waals surface area contributed by atoms with Gasteiger partial charge in [0.1, 0.15) is 5.82 Å². The van der Waals surface area contributed by atoms with Crippen molar-refractivity contribution in [1.29, 1.82) is 0 Å². The summed E-state index contributed by atoms with van der Waals surface area (Å²) in [5, 5.41) is 11.1. The Kier molecular flexibility index (Phi) is 4.43. The summed E-state index contributed by atoms with van der Waals surface area (Å²) in [7, 11) is 0. The standard InChI is InChI=1S/C16H17BrFN5O2/c17-12-5-10(1-2-13(12)18)20-15(19)14-16(23-25-22-14)21-11-3-8-6-24-7-9(8)4-11/h1-2,5,8-9,11H,3-4,6-7H2,(H2,19,20)(H,21,23). The van der Waals surface area contributed by atoms with E-state index in [1.165, 1.54) is 12.1 Å². The molecule has 0 radical (unpaired) electrons. The van der Waals surface area contributed by atoms with E-state index in [4.69, 9.17) is 15.1 Å². The maximum absolute atomic E-state index is 13.3. The summed E-state index contributed by atoms with van der Waals surface area (Å²) in [4.78, 5) is 4.27. The van der Waals surface area contributed by atoms with Crippen LogP contribution in [0.1, 0.15) is 18.5 Å². The first-order valence-corrected chi connectivity index (χ1v) is 8.86. The zero-order valence-electron chi connectivity index (χ0n) is 13.3. The normalized spacial score (nSPS) is 26.0. The Labute approximate surface area is 151 Å². The third-order valence-corrected chi connectivity index (χ3v) is 5.34. The first kappa shape index (κ1) is 16.5. The van der Waals surface area contributed by atoms with E-state index in [0.717, 1.165) is 26.1 Å². The molecule has 1 aliphatic heterocycles. The molecule has 3 N–H and O–H groups in total. The van der Waals surface area contributed by atoms with Gasteiger partial charge in [-0.1, -0.05) is 0 Å². The molecular weight excluding hydrogens is 393 g/mol. The van der Waals surface area contributed by atoms with Crippen LogP contribution < -0.4 is 11.1 Å². The number of fused-ring (bicyclic) bond motifs is 1. The first-order chi connectivity index (χ1) is 12.1. The fourth-order valence-corrected chi connectivity index (χ4v) is 3.87. The summed E-state index contributed by atoms with van der Waals surface area (Å²) in [5.41, 5.74) is 6.91. The number of amidine groups is 1. The molecule has 0 amide bonds. The lowest BCUT2D eigenvalue weighted by Crippen LogP contribution is -2.21. The second-order valence-corrected chi connectivity index (χ2v) is 7.28. The molecule has 25 heavy (non-hydrogen) atoms. The van der Waals surface area contributed by atoms with Gasteiger partial charge in [0.15, 0.2) is 11.5 Å². The van der Waals surface area contributed by atoms with Crippen LogP contribution in [0.2, 0.25) is 0 Å². The van der Waals surface area contributed by atoms with Crippen LogP contribution in [0.4, 0.5) is 15.9 Å². The maximum atomic E-state index is 13.3. The Morgan fingerprint density at radius 2 is 2.04 bits per heavy atom. The third kappa shape index (κ3) is 3.38. The second-order valence-electron chi connectivity index (χ2n) is 6.43. The lowest BCUT2D eigenvalue weighted by atomic mass is 10.0. The van der Waals surface area contributed by atoms with Gasteiger partial charge in [-0.2, -0.15) is 0 Å². The zero-order valence-corrected chi connectivity index (χ0v) is 14.9. The van der Waals surface area contributed by atoms with E-state index in [1.54, 1.807) is 6.07 Å². The molecule has 132 valence electrons. The number of hydrogen-bond donors (Lipinski definition) is 2. The number of hydrogen-bond acceptors (Lipinski definition) is 6. The van der Waals surface area contributed by atoms with Gasteiger partial charge in [-0.25, -0.2) is 14.0 Å². The number of nitrogens with two attached hydrogens (primary N) is 1. The monoisotopic (exact) mass is 409 g/mol. The number of ether oxygens (including phenoxy) is 1. The van der Waals surface area contributed by atoms with Gasteiger partial charge in [-0.05, 0) is 69.1 Å². The second kappa shape index (κ2) is 6.72. The molecule has 1 aliphatic carbocycles. The van der Waals surface area contributed by atoms with Crippen LogP contribution in [-0.2, 0) is 4.74 Å². The molecule has 0 spiro atoms. The van der Waals surface area contributed by atoms with E-state index in [1.807, 2.05) is 0 Å². The predicted octanol–water partition coefficient (Wildman–Crippen LogP) is 2.85. The summed E-state index contributed by atoms with van der Waals surface area (Å²) >= 11 is 3.13. The van der Waals surface area contributed by atoms with Gasteiger partial charge in [0.2, 0.25) is 5.82 Å². The van der Waals surface area contributed by atoms with Gasteiger partial charge in [0.25, 0.3) is 0 Å². The number of nitrogens with zero attached hydrogens (tertiary/aromatic N) is 3. The van der Waals surface area contributed by atoms with Crippen LogP contribution in [0.25, 0.3) is 0 Å². The van der Waals surface area contributed by atoms with Crippen molar-refractivity contribution in [1.82, 2.24) is 10.3 Å². The van der Waals surface area contributed by atoms with Crippen molar-refractivity contribution in [3.63, 3.8) is 0 Å². The van der Waals surface area contributed by atoms with E-state index >= 15 is 0 Å². The molecule has 1 saturated carbocycles. The number of nitrogens with one attached hydrogen (secondary N) is 1. The van der Waals surface area contributed by atoms with Crippen LogP contribution in [0, 0.1) is 17.7 Å². The smallest absolute Gasteiger partial charge is 0.202 e. The van der Waals surface area contributed by atoms with E-state index in [0.29, 0.717) is 33.5 Å². The minimum Gasteiger partial charge on any atom is -0.382 e. The molecule has 1 aromatic carbocycles. The molecule has 4 rings (SSSR count). The third-order valence-electron chi connectivity index (χ3n) is 4.73. The Morgan fingerprint density at radius 3 is 2.76 bits per heavy atom. The summed E-state index contributed by atoms with van der Waals surface area (Å²) in [6.07, 6.45) is 2.05. The van der Waals surface area contributed by atoms with Crippen molar-refractivity contribution in [2.45, 2.75) is 18.9 Å². The van der Waals surface area contributed by atoms with Crippen molar-refractivity contribution >= 4 is 33.3 Å². The molecule has 2 unspecified atom stereocenters. The molecule has 0 bridgehead atoms. The highest BCUT2D eigenvalue weighted by molar-refractivity contribution is 9.10. The molecule has 1 saturated heterocycles. The molecule has 2 atom stereocenters. The van der Waals surface area contributed by atoms with Crippen LogP contribution in [0.3, 0.4) is 0 Å². The number of benzene rings is 1. The fourth-order valence-electron chi connectivity index (χ4n) is 3.50. The largest absolute Gasteiger partial charge is 0.382 e. The highest BCUT2D eigenvalue weighted by Gasteiger charge is 2.38. The quantitative estimate of drug-likeness (QED) is 0.594. The summed E-state index contributed by atoms with van der Waals surface area (Å²) in [5.74, 6) is 1.47. The van der Waals surface area contributed by atoms with Crippen LogP contribution >= 0.6 is 15.9 Å². The highest BCUT2D eigenvalue weighted by atomic mass is 79.9. The molecule has 2 aliphatic rings. The average molecular weight is 410 g/mol. The van der Waals surface area contributed by atoms with Gasteiger partial charge in [-0.15, -0.1) is 0 Å². The number of aliphatic imine (C=N–C) groups is 1. The summed E-state index contributed by atoms with van der Waals surface area (Å²) < 4.78 is 24.0. The Hall–Kier alpha value is -2.00. The van der Waals surface area contributed by atoms with Crippen LogP contribution in [-0.4, -0.2) is 35.4 Å². The zero-order chi connectivity index (χ0) is 17.4. The SMILES string of the molecule is NC(=Nc1ccc(F)c(Br)c1)c1nonc1NC1CC2COCC2C1. The summed E-state index contributed by atoms with van der Waals surface area (Å²) in [6.45, 7) is 1.66. The van der Waals surface area contributed by atoms with Crippen LogP contribution in [0.5, 0.6) is 0 Å². The van der Waals surface area contributed by atoms with Gasteiger partial charge >= 0.3 is 0 Å².